The van der Waals surface area contributed by atoms with Gasteiger partial charge in [0.25, 0.3) is 0 Å². The zero-order valence-electron chi connectivity index (χ0n) is 12.3. The third-order valence-corrected chi connectivity index (χ3v) is 5.38. The lowest BCUT2D eigenvalue weighted by Crippen LogP contribution is -2.15. The molecule has 0 radical (unpaired) electrons. The zero-order chi connectivity index (χ0) is 17.0. The van der Waals surface area contributed by atoms with Crippen LogP contribution in [0.15, 0.2) is 47.4 Å². The molecule has 0 atom stereocenters. The fraction of sp³-hybridized carbons (Fsp3) is 0.188. The summed E-state index contributed by atoms with van der Waals surface area (Å²) in [6, 6.07) is 10.0. The molecule has 0 aliphatic rings. The zero-order valence-corrected chi connectivity index (χ0v) is 13.9. The summed E-state index contributed by atoms with van der Waals surface area (Å²) < 4.78 is 37.1. The average molecular weight is 356 g/mol. The number of rotatable bonds is 5. The highest BCUT2D eigenvalue weighted by molar-refractivity contribution is 7.91. The second-order valence-electron chi connectivity index (χ2n) is 4.85. The van der Waals surface area contributed by atoms with E-state index in [1.165, 1.54) is 42.5 Å². The van der Waals surface area contributed by atoms with Gasteiger partial charge in [0.1, 0.15) is 5.82 Å². The molecule has 0 aromatic heterocycles. The fourth-order valence-electron chi connectivity index (χ4n) is 1.98. The lowest BCUT2D eigenvalue weighted by Gasteiger charge is -2.08. The number of sulfone groups is 1. The van der Waals surface area contributed by atoms with Crippen molar-refractivity contribution in [3.05, 3.63) is 58.9 Å². The number of carbonyl (C=O) groups is 1. The lowest BCUT2D eigenvalue weighted by molar-refractivity contribution is -0.115. The highest BCUT2D eigenvalue weighted by Crippen LogP contribution is 2.20. The van der Waals surface area contributed by atoms with Crippen LogP contribution in [0, 0.1) is 5.82 Å². The van der Waals surface area contributed by atoms with Gasteiger partial charge in [-0.25, -0.2) is 12.8 Å². The van der Waals surface area contributed by atoms with Gasteiger partial charge in [0.2, 0.25) is 5.91 Å². The van der Waals surface area contributed by atoms with Crippen molar-refractivity contribution in [2.75, 3.05) is 11.1 Å². The van der Waals surface area contributed by atoms with Crippen LogP contribution in [0.2, 0.25) is 5.02 Å². The van der Waals surface area contributed by atoms with Crippen molar-refractivity contribution >= 4 is 33.0 Å². The van der Waals surface area contributed by atoms with E-state index < -0.39 is 21.6 Å². The van der Waals surface area contributed by atoms with Crippen LogP contribution in [-0.4, -0.2) is 20.1 Å². The summed E-state index contributed by atoms with van der Waals surface area (Å²) >= 11 is 5.88. The molecule has 0 spiro atoms. The van der Waals surface area contributed by atoms with E-state index in [4.69, 9.17) is 11.6 Å². The molecular formula is C16H15ClFNO3S. The van der Waals surface area contributed by atoms with Gasteiger partial charge in [-0.2, -0.15) is 0 Å². The Labute approximate surface area is 139 Å². The lowest BCUT2D eigenvalue weighted by atomic mass is 10.1. The number of hydrogen-bond donors (Lipinski definition) is 1. The van der Waals surface area contributed by atoms with Crippen molar-refractivity contribution in [3.63, 3.8) is 0 Å². The first-order valence-corrected chi connectivity index (χ1v) is 8.92. The van der Waals surface area contributed by atoms with Gasteiger partial charge in [-0.15, -0.1) is 0 Å². The van der Waals surface area contributed by atoms with E-state index in [0.717, 1.165) is 0 Å². The van der Waals surface area contributed by atoms with Crippen LogP contribution in [0.3, 0.4) is 0 Å². The summed E-state index contributed by atoms with van der Waals surface area (Å²) in [6.07, 6.45) is -0.208. The average Bonchev–Trinajstić information content (AvgIpc) is 2.51. The molecule has 4 nitrogen and oxygen atoms in total. The number of benzene rings is 2. The van der Waals surface area contributed by atoms with Crippen molar-refractivity contribution in [2.24, 2.45) is 0 Å². The quantitative estimate of drug-likeness (QED) is 0.893. The summed E-state index contributed by atoms with van der Waals surface area (Å²) in [5.41, 5.74) is 0.550. The highest BCUT2D eigenvalue weighted by Gasteiger charge is 2.13. The van der Waals surface area contributed by atoms with E-state index in [1.807, 2.05) is 0 Å². The second kappa shape index (κ2) is 7.10. The smallest absolute Gasteiger partial charge is 0.228 e. The first-order valence-electron chi connectivity index (χ1n) is 6.89. The maximum Gasteiger partial charge on any atom is 0.228 e. The minimum atomic E-state index is -3.28. The number of amides is 1. The molecular weight excluding hydrogens is 341 g/mol. The van der Waals surface area contributed by atoms with Crippen LogP contribution >= 0.6 is 11.6 Å². The van der Waals surface area contributed by atoms with E-state index in [2.05, 4.69) is 5.32 Å². The SMILES string of the molecule is CCS(=O)(=O)c1ccc(NC(=O)Cc2c(F)cccc2Cl)cc1. The fourth-order valence-corrected chi connectivity index (χ4v) is 3.09. The molecule has 0 aliphatic carbocycles. The van der Waals surface area contributed by atoms with Crippen molar-refractivity contribution in [1.82, 2.24) is 0 Å². The molecule has 0 saturated heterocycles. The molecule has 7 heteroatoms. The number of nitrogens with one attached hydrogen (secondary N) is 1. The van der Waals surface area contributed by atoms with Gasteiger partial charge in [-0.1, -0.05) is 24.6 Å². The normalized spacial score (nSPS) is 11.3. The first kappa shape index (κ1) is 17.4. The molecule has 0 aliphatic heterocycles. The Hall–Kier alpha value is -1.92. The molecule has 0 bridgehead atoms. The summed E-state index contributed by atoms with van der Waals surface area (Å²) in [6.45, 7) is 1.56. The summed E-state index contributed by atoms with van der Waals surface area (Å²) in [7, 11) is -3.28. The largest absolute Gasteiger partial charge is 0.326 e. The van der Waals surface area contributed by atoms with Crippen LogP contribution in [0.1, 0.15) is 12.5 Å². The van der Waals surface area contributed by atoms with Gasteiger partial charge in [0.05, 0.1) is 17.1 Å². The molecule has 2 rings (SSSR count). The van der Waals surface area contributed by atoms with Gasteiger partial charge < -0.3 is 5.32 Å². The standard InChI is InChI=1S/C16H15ClFNO3S/c1-2-23(21,22)12-8-6-11(7-9-12)19-16(20)10-13-14(17)4-3-5-15(13)18/h3-9H,2,10H2,1H3,(H,19,20). The third-order valence-electron chi connectivity index (χ3n) is 3.28. The van der Waals surface area contributed by atoms with Crippen molar-refractivity contribution in [1.29, 1.82) is 0 Å². The number of anilines is 1. The topological polar surface area (TPSA) is 63.2 Å². The van der Waals surface area contributed by atoms with E-state index in [-0.39, 0.29) is 27.7 Å². The maximum absolute atomic E-state index is 13.6. The van der Waals surface area contributed by atoms with E-state index >= 15 is 0 Å². The van der Waals surface area contributed by atoms with Crippen LogP contribution in [0.4, 0.5) is 10.1 Å². The molecule has 0 heterocycles. The van der Waals surface area contributed by atoms with Crippen LogP contribution < -0.4 is 5.32 Å². The van der Waals surface area contributed by atoms with Gasteiger partial charge in [0, 0.05) is 16.3 Å². The molecule has 0 fully saturated rings. The minimum Gasteiger partial charge on any atom is -0.326 e. The number of hydrogen-bond acceptors (Lipinski definition) is 3. The Balaban J connectivity index is 2.09. The van der Waals surface area contributed by atoms with Crippen LogP contribution in [0.5, 0.6) is 0 Å². The van der Waals surface area contributed by atoms with Gasteiger partial charge in [-0.3, -0.25) is 4.79 Å². The summed E-state index contributed by atoms with van der Waals surface area (Å²) in [5.74, 6) is -0.982. The molecule has 2 aromatic rings. The monoisotopic (exact) mass is 355 g/mol. The summed E-state index contributed by atoms with van der Waals surface area (Å²) in [5, 5.41) is 2.77. The molecule has 1 amide bonds. The van der Waals surface area contributed by atoms with E-state index in [0.29, 0.717) is 5.69 Å². The highest BCUT2D eigenvalue weighted by atomic mass is 35.5. The Morgan fingerprint density at radius 1 is 1.17 bits per heavy atom. The van der Waals surface area contributed by atoms with Gasteiger partial charge >= 0.3 is 0 Å². The second-order valence-corrected chi connectivity index (χ2v) is 7.54. The number of carbonyl (C=O) groups excluding carboxylic acids is 1. The van der Waals surface area contributed by atoms with Crippen LogP contribution in [-0.2, 0) is 21.1 Å². The Kier molecular flexibility index (Phi) is 5.38. The first-order chi connectivity index (χ1) is 10.8. The Bertz CT molecular complexity index is 799. The molecule has 2 aromatic carbocycles. The van der Waals surface area contributed by atoms with Crippen molar-refractivity contribution in [3.8, 4) is 0 Å². The minimum absolute atomic E-state index is 0.00445. The molecule has 122 valence electrons. The molecule has 0 unspecified atom stereocenters. The van der Waals surface area contributed by atoms with E-state index in [1.54, 1.807) is 6.92 Å². The van der Waals surface area contributed by atoms with Crippen LogP contribution in [0.25, 0.3) is 0 Å². The van der Waals surface area contributed by atoms with Gasteiger partial charge in [-0.05, 0) is 36.4 Å². The van der Waals surface area contributed by atoms with E-state index in [9.17, 15) is 17.6 Å². The van der Waals surface area contributed by atoms with Gasteiger partial charge in [0.15, 0.2) is 9.84 Å². The third kappa shape index (κ3) is 4.30. The summed E-state index contributed by atoms with van der Waals surface area (Å²) in [4.78, 5) is 12.2. The molecule has 0 saturated carbocycles. The Morgan fingerprint density at radius 3 is 2.39 bits per heavy atom. The van der Waals surface area contributed by atoms with Crippen molar-refractivity contribution < 1.29 is 17.6 Å². The predicted octanol–water partition coefficient (Wildman–Crippen LogP) is 3.45. The Morgan fingerprint density at radius 2 is 1.83 bits per heavy atom. The predicted molar refractivity (Wildman–Crippen MR) is 87.9 cm³/mol. The molecule has 1 N–H and O–H groups in total. The number of halogens is 2. The van der Waals surface area contributed by atoms with Crippen molar-refractivity contribution in [2.45, 2.75) is 18.2 Å². The molecule has 23 heavy (non-hydrogen) atoms. The maximum atomic E-state index is 13.6.